The summed E-state index contributed by atoms with van der Waals surface area (Å²) in [5.41, 5.74) is 0.984. The van der Waals surface area contributed by atoms with Crippen molar-refractivity contribution in [2.45, 2.75) is 50.7 Å². The molecule has 8 heteroatoms. The molecule has 1 amide bonds. The largest absolute Gasteiger partial charge is 0.356 e. The number of sulfone groups is 1. The first-order chi connectivity index (χ1) is 12.3. The minimum atomic E-state index is -3.53. The Morgan fingerprint density at radius 3 is 2.58 bits per heavy atom. The molecule has 26 heavy (non-hydrogen) atoms. The molecule has 2 rings (SSSR count). The number of aryl methyl sites for hydroxylation is 2. The highest BCUT2D eigenvalue weighted by atomic mass is 32.2. The van der Waals surface area contributed by atoms with Crippen LogP contribution in [-0.4, -0.2) is 31.0 Å². The van der Waals surface area contributed by atoms with Crippen LogP contribution < -0.4 is 5.32 Å². The van der Waals surface area contributed by atoms with Crippen LogP contribution in [0.2, 0.25) is 0 Å². The number of rotatable bonds is 9. The number of carbonyl (C=O) groups excluding carboxylic acids is 1. The minimum absolute atomic E-state index is 0.0855. The first-order valence-corrected chi connectivity index (χ1v) is 10.3. The summed E-state index contributed by atoms with van der Waals surface area (Å²) in [6.07, 6.45) is 1.43. The van der Waals surface area contributed by atoms with Crippen LogP contribution in [0.15, 0.2) is 33.7 Å². The molecule has 0 bridgehead atoms. The second-order valence-electron chi connectivity index (χ2n) is 6.71. The van der Waals surface area contributed by atoms with E-state index < -0.39 is 9.84 Å². The number of amides is 1. The molecule has 1 N–H and O–H groups in total. The lowest BCUT2D eigenvalue weighted by atomic mass is 10.1. The molecule has 0 saturated carbocycles. The number of hydrogen-bond acceptors (Lipinski definition) is 6. The van der Waals surface area contributed by atoms with Gasteiger partial charge in [0.15, 0.2) is 15.7 Å². The Bertz CT molecular complexity index is 826. The van der Waals surface area contributed by atoms with Crippen molar-refractivity contribution in [2.24, 2.45) is 5.92 Å². The van der Waals surface area contributed by atoms with Crippen LogP contribution >= 0.6 is 0 Å². The van der Waals surface area contributed by atoms with E-state index in [0.29, 0.717) is 12.5 Å². The summed E-state index contributed by atoms with van der Waals surface area (Å²) in [4.78, 5) is 16.1. The number of aromatic nitrogens is 2. The Balaban J connectivity index is 1.87. The third kappa shape index (κ3) is 6.25. The SMILES string of the molecule is Cc1ccc(S(=O)(=O)Cc2noc(CCC(=O)NCCC(C)C)n2)cc1. The molecule has 7 nitrogen and oxygen atoms in total. The highest BCUT2D eigenvalue weighted by Crippen LogP contribution is 2.16. The Kier molecular flexibility index (Phi) is 6.90. The Labute approximate surface area is 154 Å². The van der Waals surface area contributed by atoms with Crippen molar-refractivity contribution in [3.05, 3.63) is 41.5 Å². The predicted octanol–water partition coefficient (Wildman–Crippen LogP) is 2.45. The molecule has 0 aliphatic rings. The van der Waals surface area contributed by atoms with Crippen molar-refractivity contribution in [1.29, 1.82) is 0 Å². The fourth-order valence-corrected chi connectivity index (χ4v) is 3.43. The molecule has 2 aromatic rings. The van der Waals surface area contributed by atoms with E-state index in [1.165, 1.54) is 0 Å². The zero-order valence-corrected chi connectivity index (χ0v) is 16.2. The third-order valence-electron chi connectivity index (χ3n) is 3.82. The smallest absolute Gasteiger partial charge is 0.227 e. The van der Waals surface area contributed by atoms with Gasteiger partial charge in [0.05, 0.1) is 4.90 Å². The van der Waals surface area contributed by atoms with Crippen LogP contribution in [0.25, 0.3) is 0 Å². The predicted molar refractivity (Wildman–Crippen MR) is 97.2 cm³/mol. The maximum absolute atomic E-state index is 12.4. The summed E-state index contributed by atoms with van der Waals surface area (Å²) < 4.78 is 29.8. The summed E-state index contributed by atoms with van der Waals surface area (Å²) >= 11 is 0. The second kappa shape index (κ2) is 8.93. The summed E-state index contributed by atoms with van der Waals surface area (Å²) in [7, 11) is -3.53. The summed E-state index contributed by atoms with van der Waals surface area (Å²) in [5.74, 6) is 0.473. The molecular formula is C18H25N3O4S. The van der Waals surface area contributed by atoms with E-state index in [0.717, 1.165) is 12.0 Å². The first-order valence-electron chi connectivity index (χ1n) is 8.64. The molecule has 1 aromatic carbocycles. The minimum Gasteiger partial charge on any atom is -0.356 e. The maximum atomic E-state index is 12.4. The highest BCUT2D eigenvalue weighted by Gasteiger charge is 2.19. The van der Waals surface area contributed by atoms with Gasteiger partial charge in [0.25, 0.3) is 0 Å². The van der Waals surface area contributed by atoms with Crippen molar-refractivity contribution in [2.75, 3.05) is 6.54 Å². The van der Waals surface area contributed by atoms with Crippen LogP contribution in [0, 0.1) is 12.8 Å². The molecule has 0 aliphatic carbocycles. The molecule has 1 heterocycles. The summed E-state index contributed by atoms with van der Waals surface area (Å²) in [6, 6.07) is 6.61. The Morgan fingerprint density at radius 1 is 1.23 bits per heavy atom. The van der Waals surface area contributed by atoms with E-state index in [4.69, 9.17) is 4.52 Å². The highest BCUT2D eigenvalue weighted by molar-refractivity contribution is 7.90. The molecular weight excluding hydrogens is 354 g/mol. The van der Waals surface area contributed by atoms with Gasteiger partial charge in [0, 0.05) is 19.4 Å². The standard InChI is InChI=1S/C18H25N3O4S/c1-13(2)10-11-19-17(22)8-9-18-20-16(21-25-18)12-26(23,24)15-6-4-14(3)5-7-15/h4-7,13H,8-12H2,1-3H3,(H,19,22). The quantitative estimate of drug-likeness (QED) is 0.718. The monoisotopic (exact) mass is 379 g/mol. The Hall–Kier alpha value is -2.22. The second-order valence-corrected chi connectivity index (χ2v) is 8.70. The Morgan fingerprint density at radius 2 is 1.92 bits per heavy atom. The van der Waals surface area contributed by atoms with E-state index in [9.17, 15) is 13.2 Å². The zero-order valence-electron chi connectivity index (χ0n) is 15.4. The van der Waals surface area contributed by atoms with E-state index in [1.807, 2.05) is 6.92 Å². The summed E-state index contributed by atoms with van der Waals surface area (Å²) in [5, 5.41) is 6.54. The lowest BCUT2D eigenvalue weighted by Gasteiger charge is -2.05. The third-order valence-corrected chi connectivity index (χ3v) is 5.45. The van der Waals surface area contributed by atoms with Gasteiger partial charge in [-0.3, -0.25) is 4.79 Å². The average Bonchev–Trinajstić information content (AvgIpc) is 2.99. The van der Waals surface area contributed by atoms with E-state index in [1.54, 1.807) is 24.3 Å². The van der Waals surface area contributed by atoms with Crippen LogP contribution in [0.3, 0.4) is 0 Å². The van der Waals surface area contributed by atoms with Crippen LogP contribution in [0.4, 0.5) is 0 Å². The first kappa shape index (κ1) is 20.1. The normalized spacial score (nSPS) is 11.7. The molecule has 0 saturated heterocycles. The molecule has 142 valence electrons. The van der Waals surface area contributed by atoms with Crippen LogP contribution in [0.1, 0.15) is 44.0 Å². The van der Waals surface area contributed by atoms with Crippen molar-refractivity contribution in [1.82, 2.24) is 15.5 Å². The lowest BCUT2D eigenvalue weighted by molar-refractivity contribution is -0.121. The molecule has 0 radical (unpaired) electrons. The van der Waals surface area contributed by atoms with Gasteiger partial charge in [-0.1, -0.05) is 36.7 Å². The van der Waals surface area contributed by atoms with Crippen molar-refractivity contribution < 1.29 is 17.7 Å². The van der Waals surface area contributed by atoms with Crippen molar-refractivity contribution in [3.63, 3.8) is 0 Å². The lowest BCUT2D eigenvalue weighted by Crippen LogP contribution is -2.25. The van der Waals surface area contributed by atoms with Crippen molar-refractivity contribution >= 4 is 15.7 Å². The number of hydrogen-bond donors (Lipinski definition) is 1. The van der Waals surface area contributed by atoms with Gasteiger partial charge in [-0.25, -0.2) is 8.42 Å². The number of carbonyl (C=O) groups is 1. The van der Waals surface area contributed by atoms with E-state index >= 15 is 0 Å². The average molecular weight is 379 g/mol. The molecule has 0 aliphatic heterocycles. The molecule has 0 unspecified atom stereocenters. The topological polar surface area (TPSA) is 102 Å². The summed E-state index contributed by atoms with van der Waals surface area (Å²) in [6.45, 7) is 6.72. The van der Waals surface area contributed by atoms with Crippen LogP contribution in [0.5, 0.6) is 0 Å². The number of benzene rings is 1. The van der Waals surface area contributed by atoms with E-state index in [-0.39, 0.29) is 41.1 Å². The van der Waals surface area contributed by atoms with Gasteiger partial charge in [0.2, 0.25) is 11.8 Å². The van der Waals surface area contributed by atoms with Gasteiger partial charge >= 0.3 is 0 Å². The van der Waals surface area contributed by atoms with Gasteiger partial charge < -0.3 is 9.84 Å². The van der Waals surface area contributed by atoms with Gasteiger partial charge in [0.1, 0.15) is 5.75 Å². The number of nitrogens with zero attached hydrogens (tertiary/aromatic N) is 2. The van der Waals surface area contributed by atoms with Gasteiger partial charge in [-0.05, 0) is 31.4 Å². The molecule has 0 spiro atoms. The zero-order chi connectivity index (χ0) is 19.2. The fraction of sp³-hybridized carbons (Fsp3) is 0.500. The van der Waals surface area contributed by atoms with Gasteiger partial charge in [-0.15, -0.1) is 0 Å². The molecule has 0 fully saturated rings. The maximum Gasteiger partial charge on any atom is 0.227 e. The van der Waals surface area contributed by atoms with Crippen molar-refractivity contribution in [3.8, 4) is 0 Å². The fourth-order valence-electron chi connectivity index (χ4n) is 2.26. The van der Waals surface area contributed by atoms with Gasteiger partial charge in [-0.2, -0.15) is 4.98 Å². The van der Waals surface area contributed by atoms with Crippen LogP contribution in [-0.2, 0) is 26.8 Å². The number of nitrogens with one attached hydrogen (secondary N) is 1. The van der Waals surface area contributed by atoms with E-state index in [2.05, 4.69) is 29.3 Å². The molecule has 1 aromatic heterocycles. The molecule has 0 atom stereocenters.